The maximum absolute atomic E-state index is 13.4. The molecular formula is C26H32N6O4. The maximum atomic E-state index is 13.4. The van der Waals surface area contributed by atoms with E-state index in [9.17, 15) is 19.8 Å². The van der Waals surface area contributed by atoms with Gasteiger partial charge in [0, 0.05) is 23.9 Å². The Labute approximate surface area is 209 Å². The Kier molecular flexibility index (Phi) is 6.48. The van der Waals surface area contributed by atoms with Gasteiger partial charge >= 0.3 is 5.91 Å². The SMILES string of the molecule is CC(C)c1cc(-c2nnc(C(=O)N(N)C(C)(C)C)n2-c2ccc3c(c2)CCCC(=O)N3)c(O)cc1O. The molecule has 0 unspecified atom stereocenters. The molecule has 1 aliphatic rings. The zero-order chi connectivity index (χ0) is 26.4. The lowest BCUT2D eigenvalue weighted by molar-refractivity contribution is -0.116. The molecule has 0 saturated carbocycles. The number of phenols is 2. The molecule has 0 atom stereocenters. The molecule has 10 heteroatoms. The van der Waals surface area contributed by atoms with Crippen molar-refractivity contribution < 1.29 is 19.8 Å². The fourth-order valence-corrected chi connectivity index (χ4v) is 4.19. The van der Waals surface area contributed by atoms with Crippen molar-refractivity contribution in [2.75, 3.05) is 5.32 Å². The quantitative estimate of drug-likeness (QED) is 0.246. The minimum atomic E-state index is -0.683. The number of amides is 2. The van der Waals surface area contributed by atoms with Crippen LogP contribution in [-0.4, -0.2) is 47.3 Å². The van der Waals surface area contributed by atoms with E-state index >= 15 is 0 Å². The monoisotopic (exact) mass is 492 g/mol. The second-order valence-corrected chi connectivity index (χ2v) is 10.4. The van der Waals surface area contributed by atoms with Gasteiger partial charge in [-0.1, -0.05) is 13.8 Å². The number of fused-ring (bicyclic) bond motifs is 1. The van der Waals surface area contributed by atoms with Gasteiger partial charge in [0.05, 0.1) is 11.1 Å². The molecule has 1 aromatic heterocycles. The summed E-state index contributed by atoms with van der Waals surface area (Å²) in [7, 11) is 0. The number of carbonyl (C=O) groups is 2. The van der Waals surface area contributed by atoms with Gasteiger partial charge in [0.2, 0.25) is 11.7 Å². The third-order valence-corrected chi connectivity index (χ3v) is 6.27. The summed E-state index contributed by atoms with van der Waals surface area (Å²) >= 11 is 0. The summed E-state index contributed by atoms with van der Waals surface area (Å²) in [5.41, 5.74) is 2.45. The average molecular weight is 493 g/mol. The van der Waals surface area contributed by atoms with Crippen molar-refractivity contribution >= 4 is 17.5 Å². The number of rotatable bonds is 4. The van der Waals surface area contributed by atoms with E-state index in [0.29, 0.717) is 41.8 Å². The third kappa shape index (κ3) is 4.64. The third-order valence-electron chi connectivity index (χ3n) is 6.27. The van der Waals surface area contributed by atoms with Gasteiger partial charge in [0.25, 0.3) is 0 Å². The molecule has 3 aromatic rings. The van der Waals surface area contributed by atoms with Crippen LogP contribution in [0.4, 0.5) is 5.69 Å². The Morgan fingerprint density at radius 3 is 2.50 bits per heavy atom. The van der Waals surface area contributed by atoms with Crippen LogP contribution in [0.25, 0.3) is 17.1 Å². The Bertz CT molecular complexity index is 1340. The summed E-state index contributed by atoms with van der Waals surface area (Å²) in [6, 6.07) is 8.34. The number of benzene rings is 2. The Balaban J connectivity index is 1.95. The number of nitrogens with two attached hydrogens (primary N) is 1. The molecular weight excluding hydrogens is 460 g/mol. The van der Waals surface area contributed by atoms with Crippen molar-refractivity contribution in [3.05, 3.63) is 47.3 Å². The predicted octanol–water partition coefficient (Wildman–Crippen LogP) is 3.86. The van der Waals surface area contributed by atoms with Crippen molar-refractivity contribution in [1.29, 1.82) is 0 Å². The minimum absolute atomic E-state index is 0.0291. The van der Waals surface area contributed by atoms with Crippen molar-refractivity contribution in [2.24, 2.45) is 5.84 Å². The molecule has 1 aliphatic heterocycles. The Morgan fingerprint density at radius 1 is 1.11 bits per heavy atom. The summed E-state index contributed by atoms with van der Waals surface area (Å²) in [5, 5.41) is 33.6. The molecule has 2 aromatic carbocycles. The summed E-state index contributed by atoms with van der Waals surface area (Å²) in [6.45, 7) is 9.26. The molecule has 0 aliphatic carbocycles. The highest BCUT2D eigenvalue weighted by Crippen LogP contribution is 2.38. The van der Waals surface area contributed by atoms with E-state index in [4.69, 9.17) is 5.84 Å². The number of phenolic OH excluding ortho intramolecular Hbond substituents is 2. The number of anilines is 1. The molecule has 36 heavy (non-hydrogen) atoms. The van der Waals surface area contributed by atoms with Crippen molar-refractivity contribution in [3.63, 3.8) is 0 Å². The zero-order valence-electron chi connectivity index (χ0n) is 21.2. The van der Waals surface area contributed by atoms with Crippen molar-refractivity contribution in [2.45, 2.75) is 65.3 Å². The van der Waals surface area contributed by atoms with Gasteiger partial charge in [0.15, 0.2) is 5.82 Å². The highest BCUT2D eigenvalue weighted by molar-refractivity contribution is 5.94. The number of aromatic nitrogens is 3. The van der Waals surface area contributed by atoms with Gasteiger partial charge in [-0.05, 0) is 74.9 Å². The van der Waals surface area contributed by atoms with Crippen LogP contribution in [0.15, 0.2) is 30.3 Å². The topological polar surface area (TPSA) is 147 Å². The summed E-state index contributed by atoms with van der Waals surface area (Å²) in [4.78, 5) is 25.5. The van der Waals surface area contributed by atoms with Crippen molar-refractivity contribution in [3.8, 4) is 28.6 Å². The van der Waals surface area contributed by atoms with Gasteiger partial charge in [0.1, 0.15) is 11.5 Å². The lowest BCUT2D eigenvalue weighted by Crippen LogP contribution is -2.51. The highest BCUT2D eigenvalue weighted by atomic mass is 16.3. The fourth-order valence-electron chi connectivity index (χ4n) is 4.19. The van der Waals surface area contributed by atoms with E-state index in [-0.39, 0.29) is 35.0 Å². The smallest absolute Gasteiger partial charge is 0.306 e. The Hall–Kier alpha value is -3.92. The number of hydrogen-bond donors (Lipinski definition) is 4. The first-order valence-corrected chi connectivity index (χ1v) is 11.9. The van der Waals surface area contributed by atoms with E-state index in [2.05, 4.69) is 15.5 Å². The van der Waals surface area contributed by atoms with Crippen LogP contribution in [0.1, 0.15) is 75.1 Å². The molecule has 2 amide bonds. The summed E-state index contributed by atoms with van der Waals surface area (Å²) < 4.78 is 1.55. The number of hydrazine groups is 1. The number of hydrogen-bond acceptors (Lipinski definition) is 7. The largest absolute Gasteiger partial charge is 0.508 e. The summed E-state index contributed by atoms with van der Waals surface area (Å²) in [5.74, 6) is 5.49. The lowest BCUT2D eigenvalue weighted by atomic mass is 9.98. The van der Waals surface area contributed by atoms with E-state index in [1.807, 2.05) is 19.9 Å². The molecule has 5 N–H and O–H groups in total. The number of carbonyl (C=O) groups excluding carboxylic acids is 2. The molecule has 190 valence electrons. The molecule has 0 fully saturated rings. The first-order chi connectivity index (χ1) is 16.9. The number of aromatic hydroxyl groups is 2. The Morgan fingerprint density at radius 2 is 1.83 bits per heavy atom. The number of aryl methyl sites for hydroxylation is 1. The molecule has 10 nitrogen and oxygen atoms in total. The normalized spacial score (nSPS) is 13.8. The number of nitrogens with zero attached hydrogens (tertiary/aromatic N) is 4. The van der Waals surface area contributed by atoms with Gasteiger partial charge in [-0.3, -0.25) is 19.2 Å². The first-order valence-electron chi connectivity index (χ1n) is 11.9. The average Bonchev–Trinajstić information content (AvgIpc) is 3.13. The van der Waals surface area contributed by atoms with Gasteiger partial charge in [-0.2, -0.15) is 0 Å². The molecule has 0 saturated heterocycles. The predicted molar refractivity (Wildman–Crippen MR) is 136 cm³/mol. The van der Waals surface area contributed by atoms with E-state index in [1.165, 1.54) is 6.07 Å². The van der Waals surface area contributed by atoms with Crippen LogP contribution < -0.4 is 11.2 Å². The van der Waals surface area contributed by atoms with Crippen LogP contribution in [0, 0.1) is 0 Å². The summed E-state index contributed by atoms with van der Waals surface area (Å²) in [6.07, 6.45) is 1.80. The standard InChI is InChI=1S/C26H32N6O4/c1-14(2)17-12-18(21(34)13-20(17)33)23-29-30-24(25(36)32(27)26(3,4)5)31(23)16-9-10-19-15(11-16)7-6-8-22(35)28-19/h9-14,33-34H,6-8,27H2,1-5H3,(H,28,35). The van der Waals surface area contributed by atoms with Crippen LogP contribution in [0.3, 0.4) is 0 Å². The molecule has 4 rings (SSSR count). The molecule has 0 radical (unpaired) electrons. The van der Waals surface area contributed by atoms with E-state index in [1.54, 1.807) is 43.5 Å². The van der Waals surface area contributed by atoms with Crippen LogP contribution >= 0.6 is 0 Å². The van der Waals surface area contributed by atoms with Crippen LogP contribution in [0.2, 0.25) is 0 Å². The fraction of sp³-hybridized carbons (Fsp3) is 0.385. The van der Waals surface area contributed by atoms with Gasteiger partial charge in [-0.25, -0.2) is 5.84 Å². The zero-order valence-corrected chi connectivity index (χ0v) is 21.2. The molecule has 2 heterocycles. The molecule has 0 bridgehead atoms. The van der Waals surface area contributed by atoms with Crippen LogP contribution in [-0.2, 0) is 11.2 Å². The van der Waals surface area contributed by atoms with Crippen molar-refractivity contribution in [1.82, 2.24) is 19.8 Å². The van der Waals surface area contributed by atoms with Crippen LogP contribution in [0.5, 0.6) is 11.5 Å². The van der Waals surface area contributed by atoms with Gasteiger partial charge in [-0.15, -0.1) is 10.2 Å². The maximum Gasteiger partial charge on any atom is 0.306 e. The lowest BCUT2D eigenvalue weighted by Gasteiger charge is -2.30. The van der Waals surface area contributed by atoms with Gasteiger partial charge < -0.3 is 15.5 Å². The van der Waals surface area contributed by atoms with E-state index in [0.717, 1.165) is 10.6 Å². The number of nitrogens with one attached hydrogen (secondary N) is 1. The highest BCUT2D eigenvalue weighted by Gasteiger charge is 2.31. The second kappa shape index (κ2) is 9.27. The first kappa shape index (κ1) is 25.2. The molecule has 0 spiro atoms. The minimum Gasteiger partial charge on any atom is -0.508 e. The van der Waals surface area contributed by atoms with E-state index < -0.39 is 11.4 Å². The second-order valence-electron chi connectivity index (χ2n) is 10.4.